The summed E-state index contributed by atoms with van der Waals surface area (Å²) >= 11 is 0. The van der Waals surface area contributed by atoms with Gasteiger partial charge in [-0.15, -0.1) is 0 Å². The van der Waals surface area contributed by atoms with E-state index in [9.17, 15) is 9.59 Å². The first-order valence-electron chi connectivity index (χ1n) is 7.55. The van der Waals surface area contributed by atoms with Crippen LogP contribution in [0.3, 0.4) is 0 Å². The maximum Gasteiger partial charge on any atom is 0.325 e. The van der Waals surface area contributed by atoms with Crippen LogP contribution in [0.25, 0.3) is 0 Å². The van der Waals surface area contributed by atoms with Crippen molar-refractivity contribution in [1.82, 2.24) is 10.6 Å². The zero-order chi connectivity index (χ0) is 14.5. The van der Waals surface area contributed by atoms with Crippen LogP contribution in [-0.2, 0) is 14.3 Å². The van der Waals surface area contributed by atoms with E-state index in [0.29, 0.717) is 12.5 Å². The van der Waals surface area contributed by atoms with Crippen molar-refractivity contribution in [2.75, 3.05) is 13.1 Å². The van der Waals surface area contributed by atoms with E-state index in [0.717, 1.165) is 12.8 Å². The lowest BCUT2D eigenvalue weighted by Crippen LogP contribution is -2.56. The molecule has 4 atom stereocenters. The lowest BCUT2D eigenvalue weighted by atomic mass is 9.70. The fourth-order valence-electron chi connectivity index (χ4n) is 4.26. The Labute approximate surface area is 119 Å². The third-order valence-corrected chi connectivity index (χ3v) is 6.27. The maximum absolute atomic E-state index is 12.3. The number of ether oxygens (including phenoxy) is 1. The van der Waals surface area contributed by atoms with Crippen LogP contribution in [-0.4, -0.2) is 37.1 Å². The standard InChI is InChI=1S/C15H24N2O3/c1-14(2)9-4-5-15(14,3)11(6-9)20-13(19)10-7-17-12(18)8-16-10/h9-11,16H,4-8H2,1-3H3,(H,17,18). The Kier molecular flexibility index (Phi) is 3.08. The van der Waals surface area contributed by atoms with Crippen molar-refractivity contribution in [2.45, 2.75) is 52.2 Å². The van der Waals surface area contributed by atoms with Gasteiger partial charge in [0, 0.05) is 12.0 Å². The molecule has 112 valence electrons. The number of hydrogen-bond acceptors (Lipinski definition) is 4. The summed E-state index contributed by atoms with van der Waals surface area (Å²) in [6, 6.07) is -0.404. The number of nitrogens with one attached hydrogen (secondary N) is 2. The summed E-state index contributed by atoms with van der Waals surface area (Å²) in [5.41, 5.74) is 0.331. The van der Waals surface area contributed by atoms with Gasteiger partial charge < -0.3 is 10.1 Å². The molecule has 1 saturated heterocycles. The second-order valence-electron chi connectivity index (χ2n) is 7.27. The Balaban J connectivity index is 1.65. The molecule has 2 N–H and O–H groups in total. The van der Waals surface area contributed by atoms with E-state index in [2.05, 4.69) is 31.4 Å². The SMILES string of the molecule is CC1(C)C2CCC1(C)C(OC(=O)C1CNC(=O)CN1)C2. The van der Waals surface area contributed by atoms with Crippen molar-refractivity contribution in [1.29, 1.82) is 0 Å². The molecule has 2 aliphatic carbocycles. The van der Waals surface area contributed by atoms with E-state index in [-0.39, 0.29) is 35.4 Å². The zero-order valence-corrected chi connectivity index (χ0v) is 12.5. The largest absolute Gasteiger partial charge is 0.461 e. The molecule has 0 aromatic heterocycles. The summed E-state index contributed by atoms with van der Waals surface area (Å²) in [4.78, 5) is 23.3. The monoisotopic (exact) mass is 280 g/mol. The van der Waals surface area contributed by atoms with Crippen LogP contribution in [0.4, 0.5) is 0 Å². The summed E-state index contributed by atoms with van der Waals surface area (Å²) in [6.45, 7) is 7.38. The van der Waals surface area contributed by atoms with Crippen molar-refractivity contribution in [3.8, 4) is 0 Å². The fraction of sp³-hybridized carbons (Fsp3) is 0.867. The highest BCUT2D eigenvalue weighted by atomic mass is 16.5. The predicted octanol–water partition coefficient (Wildman–Crippen LogP) is 0.832. The van der Waals surface area contributed by atoms with Gasteiger partial charge in [0.25, 0.3) is 0 Å². The molecule has 5 nitrogen and oxygen atoms in total. The van der Waals surface area contributed by atoms with Gasteiger partial charge in [0.1, 0.15) is 12.1 Å². The molecule has 1 aliphatic heterocycles. The van der Waals surface area contributed by atoms with E-state index in [1.165, 1.54) is 6.42 Å². The summed E-state index contributed by atoms with van der Waals surface area (Å²) in [6.07, 6.45) is 3.38. The minimum atomic E-state index is -0.404. The number of carbonyl (C=O) groups excluding carboxylic acids is 2. The van der Waals surface area contributed by atoms with Crippen molar-refractivity contribution in [3.63, 3.8) is 0 Å². The van der Waals surface area contributed by atoms with Crippen LogP contribution in [0.5, 0.6) is 0 Å². The number of amides is 1. The lowest BCUT2D eigenvalue weighted by Gasteiger charge is -2.39. The fourth-order valence-corrected chi connectivity index (χ4v) is 4.26. The van der Waals surface area contributed by atoms with Gasteiger partial charge in [-0.25, -0.2) is 0 Å². The average molecular weight is 280 g/mol. The molecule has 0 radical (unpaired) electrons. The molecule has 5 heteroatoms. The molecule has 3 rings (SSSR count). The highest BCUT2D eigenvalue weighted by molar-refractivity contribution is 5.84. The Hall–Kier alpha value is -1.10. The number of carbonyl (C=O) groups is 2. The predicted molar refractivity (Wildman–Crippen MR) is 73.9 cm³/mol. The summed E-state index contributed by atoms with van der Waals surface area (Å²) in [5, 5.41) is 5.63. The highest BCUT2D eigenvalue weighted by Crippen LogP contribution is 2.66. The van der Waals surface area contributed by atoms with Gasteiger partial charge in [-0.05, 0) is 30.6 Å². The second-order valence-corrected chi connectivity index (χ2v) is 7.27. The van der Waals surface area contributed by atoms with Crippen molar-refractivity contribution < 1.29 is 14.3 Å². The first-order chi connectivity index (χ1) is 9.34. The Morgan fingerprint density at radius 1 is 1.35 bits per heavy atom. The van der Waals surface area contributed by atoms with Gasteiger partial charge in [0.05, 0.1) is 6.54 Å². The molecule has 4 unspecified atom stereocenters. The zero-order valence-electron chi connectivity index (χ0n) is 12.5. The number of piperazine rings is 1. The Bertz CT molecular complexity index is 438. The molecule has 0 spiro atoms. The topological polar surface area (TPSA) is 67.4 Å². The molecule has 2 saturated carbocycles. The van der Waals surface area contributed by atoms with Gasteiger partial charge in [0.15, 0.2) is 0 Å². The van der Waals surface area contributed by atoms with Crippen LogP contribution < -0.4 is 10.6 Å². The van der Waals surface area contributed by atoms with Crippen LogP contribution in [0, 0.1) is 16.7 Å². The smallest absolute Gasteiger partial charge is 0.325 e. The first kappa shape index (κ1) is 13.9. The van der Waals surface area contributed by atoms with Crippen LogP contribution >= 0.6 is 0 Å². The minimum Gasteiger partial charge on any atom is -0.461 e. The normalized spacial score (nSPS) is 42.4. The quantitative estimate of drug-likeness (QED) is 0.735. The Morgan fingerprint density at radius 3 is 2.60 bits per heavy atom. The molecule has 2 bridgehead atoms. The molecule has 0 aromatic rings. The van der Waals surface area contributed by atoms with E-state index in [1.54, 1.807) is 0 Å². The van der Waals surface area contributed by atoms with Crippen molar-refractivity contribution in [3.05, 3.63) is 0 Å². The molecule has 1 heterocycles. The molecule has 20 heavy (non-hydrogen) atoms. The summed E-state index contributed by atoms with van der Waals surface area (Å²) in [5.74, 6) is 0.367. The molecule has 3 fully saturated rings. The third kappa shape index (κ3) is 1.86. The molecular weight excluding hydrogens is 256 g/mol. The van der Waals surface area contributed by atoms with E-state index < -0.39 is 6.04 Å². The Morgan fingerprint density at radius 2 is 2.10 bits per heavy atom. The number of hydrogen-bond donors (Lipinski definition) is 2. The number of esters is 1. The maximum atomic E-state index is 12.3. The molecular formula is C15H24N2O3. The van der Waals surface area contributed by atoms with E-state index in [4.69, 9.17) is 4.74 Å². The van der Waals surface area contributed by atoms with Gasteiger partial charge in [-0.3, -0.25) is 14.9 Å². The van der Waals surface area contributed by atoms with Crippen molar-refractivity contribution in [2.24, 2.45) is 16.7 Å². The van der Waals surface area contributed by atoms with Gasteiger partial charge in [-0.1, -0.05) is 20.8 Å². The highest BCUT2D eigenvalue weighted by Gasteiger charge is 2.63. The van der Waals surface area contributed by atoms with Crippen LogP contribution in [0.15, 0.2) is 0 Å². The van der Waals surface area contributed by atoms with Gasteiger partial charge in [0.2, 0.25) is 5.91 Å². The number of rotatable bonds is 2. The first-order valence-corrected chi connectivity index (χ1v) is 7.55. The lowest BCUT2D eigenvalue weighted by molar-refractivity contribution is -0.159. The van der Waals surface area contributed by atoms with Gasteiger partial charge >= 0.3 is 5.97 Å². The van der Waals surface area contributed by atoms with Crippen LogP contribution in [0.2, 0.25) is 0 Å². The summed E-state index contributed by atoms with van der Waals surface area (Å²) in [7, 11) is 0. The summed E-state index contributed by atoms with van der Waals surface area (Å²) < 4.78 is 5.81. The number of fused-ring (bicyclic) bond motifs is 2. The van der Waals surface area contributed by atoms with E-state index in [1.807, 2.05) is 0 Å². The van der Waals surface area contributed by atoms with Crippen LogP contribution in [0.1, 0.15) is 40.0 Å². The van der Waals surface area contributed by atoms with E-state index >= 15 is 0 Å². The van der Waals surface area contributed by atoms with Crippen molar-refractivity contribution >= 4 is 11.9 Å². The van der Waals surface area contributed by atoms with Gasteiger partial charge in [-0.2, -0.15) is 0 Å². The average Bonchev–Trinajstić information content (AvgIpc) is 2.72. The molecule has 1 amide bonds. The second kappa shape index (κ2) is 4.45. The minimum absolute atomic E-state index is 0.0168. The molecule has 0 aromatic carbocycles. The molecule has 3 aliphatic rings. The third-order valence-electron chi connectivity index (χ3n) is 6.27.